The van der Waals surface area contributed by atoms with Crippen LogP contribution in [-0.2, 0) is 0 Å². The summed E-state index contributed by atoms with van der Waals surface area (Å²) >= 11 is 0. The highest BCUT2D eigenvalue weighted by atomic mass is 16.3. The number of rotatable bonds is 8. The van der Waals surface area contributed by atoms with Gasteiger partial charge >= 0.3 is 0 Å². The minimum atomic E-state index is -1.24. The van der Waals surface area contributed by atoms with Crippen LogP contribution in [0.1, 0.15) is 20.8 Å². The highest BCUT2D eigenvalue weighted by Crippen LogP contribution is 2.32. The molecule has 0 saturated carbocycles. The molecular weight excluding hydrogens is 240 g/mol. The average Bonchev–Trinajstić information content (AvgIpc) is 2.36. The molecule has 0 bridgehead atoms. The van der Waals surface area contributed by atoms with Gasteiger partial charge < -0.3 is 30.6 Å². The van der Waals surface area contributed by atoms with E-state index in [9.17, 15) is 20.4 Å². The van der Waals surface area contributed by atoms with Crippen molar-refractivity contribution in [2.75, 3.05) is 19.8 Å². The summed E-state index contributed by atoms with van der Waals surface area (Å²) in [5.74, 6) is -1.47. The van der Waals surface area contributed by atoms with E-state index in [4.69, 9.17) is 10.2 Å². The lowest BCUT2D eigenvalue weighted by molar-refractivity contribution is -0.110. The molecule has 0 fully saturated rings. The number of aliphatic hydroxyl groups excluding tert-OH is 6. The van der Waals surface area contributed by atoms with E-state index in [1.165, 1.54) is 0 Å². The first-order valence-corrected chi connectivity index (χ1v) is 6.09. The van der Waals surface area contributed by atoms with Crippen LogP contribution in [0, 0.1) is 17.3 Å². The van der Waals surface area contributed by atoms with Crippen molar-refractivity contribution in [3.05, 3.63) is 0 Å². The predicted molar refractivity (Wildman–Crippen MR) is 65.7 cm³/mol. The molecule has 0 aromatic rings. The summed E-state index contributed by atoms with van der Waals surface area (Å²) in [5, 5.41) is 56.7. The van der Waals surface area contributed by atoms with Crippen molar-refractivity contribution < 1.29 is 30.6 Å². The summed E-state index contributed by atoms with van der Waals surface area (Å²) in [4.78, 5) is 0. The Balaban J connectivity index is 5.01. The maximum atomic E-state index is 10.2. The zero-order valence-corrected chi connectivity index (χ0v) is 11.2. The van der Waals surface area contributed by atoms with Crippen LogP contribution < -0.4 is 0 Å². The van der Waals surface area contributed by atoms with Crippen LogP contribution in [0.2, 0.25) is 0 Å². The van der Waals surface area contributed by atoms with E-state index in [-0.39, 0.29) is 6.61 Å². The number of aliphatic hydroxyl groups is 6. The highest BCUT2D eigenvalue weighted by molar-refractivity contribution is 4.89. The minimum Gasteiger partial charge on any atom is -0.396 e. The second kappa shape index (κ2) is 7.37. The molecule has 6 N–H and O–H groups in total. The monoisotopic (exact) mass is 266 g/mol. The van der Waals surface area contributed by atoms with E-state index < -0.39 is 48.8 Å². The van der Waals surface area contributed by atoms with E-state index >= 15 is 0 Å². The molecule has 18 heavy (non-hydrogen) atoms. The van der Waals surface area contributed by atoms with E-state index in [2.05, 4.69) is 0 Å². The summed E-state index contributed by atoms with van der Waals surface area (Å²) in [7, 11) is 0. The van der Waals surface area contributed by atoms with Crippen LogP contribution in [0.5, 0.6) is 0 Å². The van der Waals surface area contributed by atoms with Crippen molar-refractivity contribution in [3.8, 4) is 0 Å². The maximum absolute atomic E-state index is 10.2. The van der Waals surface area contributed by atoms with Gasteiger partial charge in [0.05, 0.1) is 38.1 Å². The molecular formula is C12H26O6. The van der Waals surface area contributed by atoms with Crippen LogP contribution in [0.4, 0.5) is 0 Å². The maximum Gasteiger partial charge on any atom is 0.0828 e. The fourth-order valence-corrected chi connectivity index (χ4v) is 2.22. The smallest absolute Gasteiger partial charge is 0.0828 e. The molecule has 0 aromatic heterocycles. The number of hydrogen-bond acceptors (Lipinski definition) is 6. The van der Waals surface area contributed by atoms with Gasteiger partial charge in [-0.3, -0.25) is 0 Å². The molecule has 0 aliphatic carbocycles. The molecule has 0 radical (unpaired) electrons. The van der Waals surface area contributed by atoms with Gasteiger partial charge in [-0.15, -0.1) is 0 Å². The Hall–Kier alpha value is -0.240. The van der Waals surface area contributed by atoms with E-state index in [1.54, 1.807) is 20.8 Å². The Kier molecular flexibility index (Phi) is 7.28. The third-order valence-corrected chi connectivity index (χ3v) is 3.58. The van der Waals surface area contributed by atoms with E-state index in [0.717, 1.165) is 0 Å². The molecule has 0 rings (SSSR count). The summed E-state index contributed by atoms with van der Waals surface area (Å²) < 4.78 is 0. The Morgan fingerprint density at radius 1 is 0.889 bits per heavy atom. The lowest BCUT2D eigenvalue weighted by Gasteiger charge is -2.39. The molecule has 0 aliphatic heterocycles. The van der Waals surface area contributed by atoms with Gasteiger partial charge in [0.15, 0.2) is 0 Å². The number of hydrogen-bond donors (Lipinski definition) is 6. The van der Waals surface area contributed by atoms with Crippen molar-refractivity contribution in [2.24, 2.45) is 17.3 Å². The van der Waals surface area contributed by atoms with E-state index in [1.807, 2.05) is 0 Å². The predicted octanol–water partition coefficient (Wildman–Crippen LogP) is -1.68. The van der Waals surface area contributed by atoms with Gasteiger partial charge in [0.25, 0.3) is 0 Å². The molecule has 6 nitrogen and oxygen atoms in total. The first-order chi connectivity index (χ1) is 8.22. The van der Waals surface area contributed by atoms with Gasteiger partial charge in [-0.05, 0) is 5.92 Å². The van der Waals surface area contributed by atoms with Gasteiger partial charge in [-0.2, -0.15) is 0 Å². The molecule has 0 aromatic carbocycles. The third kappa shape index (κ3) is 4.15. The van der Waals surface area contributed by atoms with Crippen molar-refractivity contribution in [2.45, 2.75) is 39.1 Å². The molecule has 4 unspecified atom stereocenters. The Bertz CT molecular complexity index is 223. The van der Waals surface area contributed by atoms with Gasteiger partial charge in [0.1, 0.15) is 0 Å². The van der Waals surface area contributed by atoms with Crippen molar-refractivity contribution in [3.63, 3.8) is 0 Å². The van der Waals surface area contributed by atoms with Crippen LogP contribution >= 0.6 is 0 Å². The lowest BCUT2D eigenvalue weighted by Crippen LogP contribution is -2.48. The largest absolute Gasteiger partial charge is 0.396 e. The van der Waals surface area contributed by atoms with Crippen molar-refractivity contribution >= 4 is 0 Å². The second-order valence-electron chi connectivity index (χ2n) is 5.53. The fourth-order valence-electron chi connectivity index (χ4n) is 2.22. The first-order valence-electron chi connectivity index (χ1n) is 6.09. The molecule has 0 aliphatic rings. The quantitative estimate of drug-likeness (QED) is 0.312. The Morgan fingerprint density at radius 3 is 1.56 bits per heavy atom. The van der Waals surface area contributed by atoms with Crippen LogP contribution in [0.15, 0.2) is 0 Å². The van der Waals surface area contributed by atoms with Gasteiger partial charge in [-0.1, -0.05) is 20.8 Å². The van der Waals surface area contributed by atoms with E-state index in [0.29, 0.717) is 0 Å². The molecule has 4 atom stereocenters. The van der Waals surface area contributed by atoms with Crippen molar-refractivity contribution in [1.29, 1.82) is 0 Å². The topological polar surface area (TPSA) is 121 Å². The normalized spacial score (nSPS) is 21.2. The zero-order chi connectivity index (χ0) is 14.5. The molecule has 0 saturated heterocycles. The highest BCUT2D eigenvalue weighted by Gasteiger charge is 2.40. The summed E-state index contributed by atoms with van der Waals surface area (Å²) in [5.41, 5.74) is -0.804. The Morgan fingerprint density at radius 2 is 1.28 bits per heavy atom. The molecule has 110 valence electrons. The third-order valence-electron chi connectivity index (χ3n) is 3.58. The molecule has 0 amide bonds. The zero-order valence-electron chi connectivity index (χ0n) is 11.2. The Labute approximate surface area is 108 Å². The standard InChI is InChI=1S/C12H26O6/c1-7(11(18)12(2,3)6-15)10(8(16)4-13)9(17)5-14/h7-11,13-18H,4-6H2,1-3H3. The minimum absolute atomic E-state index is 0.254. The fraction of sp³-hybridized carbons (Fsp3) is 1.00. The van der Waals surface area contributed by atoms with Gasteiger partial charge in [0.2, 0.25) is 0 Å². The summed E-state index contributed by atoms with van der Waals surface area (Å²) in [6, 6.07) is 0. The molecule has 0 spiro atoms. The first kappa shape index (κ1) is 17.8. The van der Waals surface area contributed by atoms with Crippen LogP contribution in [-0.4, -0.2) is 68.8 Å². The van der Waals surface area contributed by atoms with Crippen LogP contribution in [0.3, 0.4) is 0 Å². The lowest BCUT2D eigenvalue weighted by atomic mass is 9.72. The second-order valence-corrected chi connectivity index (χ2v) is 5.53. The van der Waals surface area contributed by atoms with Crippen molar-refractivity contribution in [1.82, 2.24) is 0 Å². The molecule has 6 heteroatoms. The average molecular weight is 266 g/mol. The van der Waals surface area contributed by atoms with Gasteiger partial charge in [0, 0.05) is 11.3 Å². The van der Waals surface area contributed by atoms with Crippen LogP contribution in [0.25, 0.3) is 0 Å². The molecule has 0 heterocycles. The SMILES string of the molecule is CC(C(C(O)CO)C(O)CO)C(O)C(C)(C)CO. The van der Waals surface area contributed by atoms with Gasteiger partial charge in [-0.25, -0.2) is 0 Å². The summed E-state index contributed by atoms with van der Waals surface area (Å²) in [6.45, 7) is 3.51. The summed E-state index contributed by atoms with van der Waals surface area (Å²) in [6.07, 6.45) is -3.48.